The molecule has 0 amide bonds. The van der Waals surface area contributed by atoms with E-state index in [0.29, 0.717) is 18.8 Å². The molecule has 4 aromatic carbocycles. The average molecular weight is 536 g/mol. The van der Waals surface area contributed by atoms with Crippen LogP contribution in [0.3, 0.4) is 0 Å². The van der Waals surface area contributed by atoms with Gasteiger partial charge in [0, 0.05) is 12.6 Å². The van der Waals surface area contributed by atoms with Crippen molar-refractivity contribution in [3.8, 4) is 22.9 Å². The molecule has 5 rings (SSSR count). The van der Waals surface area contributed by atoms with Gasteiger partial charge in [-0.15, -0.1) is 12.4 Å². The quantitative estimate of drug-likeness (QED) is 0.195. The van der Waals surface area contributed by atoms with Crippen LogP contribution in [0.25, 0.3) is 11.1 Å². The Balaban J connectivity index is 0.00000353. The summed E-state index contributed by atoms with van der Waals surface area (Å²) in [5.74, 6) is 0.816. The molecule has 1 atom stereocenters. The Morgan fingerprint density at radius 3 is 2.26 bits per heavy atom. The van der Waals surface area contributed by atoms with Crippen LogP contribution in [-0.2, 0) is 25.0 Å². The fourth-order valence-electron chi connectivity index (χ4n) is 4.50. The number of hydrogen-bond acceptors (Lipinski definition) is 4. The third-order valence-corrected chi connectivity index (χ3v) is 6.61. The standard InChI is InChI=1S/C33H29N3O2.ClH/c1-24-8-6-7-11-30(24)31-18-27(14-15-28(31)19-34)33(32-20-35-23-36(32)2)38-22-26-12-16-29(17-13-26)37-21-25-9-4-3-5-10-25;/h3-18,20,23,33H,21-22H2,1-2H3;1H. The Labute approximate surface area is 235 Å². The van der Waals surface area contributed by atoms with Gasteiger partial charge in [-0.3, -0.25) is 0 Å². The fraction of sp³-hybridized carbons (Fsp3) is 0.152. The van der Waals surface area contributed by atoms with Crippen molar-refractivity contribution in [2.45, 2.75) is 26.2 Å². The summed E-state index contributed by atoms with van der Waals surface area (Å²) in [6.07, 6.45) is 3.25. The number of rotatable bonds is 9. The molecule has 0 N–H and O–H groups in total. The highest BCUT2D eigenvalue weighted by Gasteiger charge is 2.21. The van der Waals surface area contributed by atoms with Crippen LogP contribution in [0.1, 0.15) is 39.6 Å². The lowest BCUT2D eigenvalue weighted by Gasteiger charge is -2.21. The predicted molar refractivity (Wildman–Crippen MR) is 156 cm³/mol. The second-order valence-corrected chi connectivity index (χ2v) is 9.27. The molecular formula is C33H30ClN3O2. The second kappa shape index (κ2) is 12.9. The van der Waals surface area contributed by atoms with E-state index >= 15 is 0 Å². The van der Waals surface area contributed by atoms with Gasteiger partial charge in [-0.25, -0.2) is 4.98 Å². The first-order chi connectivity index (χ1) is 18.6. The van der Waals surface area contributed by atoms with Gasteiger partial charge in [0.25, 0.3) is 0 Å². The van der Waals surface area contributed by atoms with Crippen LogP contribution in [0, 0.1) is 18.3 Å². The lowest BCUT2D eigenvalue weighted by Crippen LogP contribution is -2.11. The smallest absolute Gasteiger partial charge is 0.124 e. The SMILES string of the molecule is Cc1ccccc1-c1cc(C(OCc2ccc(OCc3ccccc3)cc2)c2cncn2C)ccc1C#N.Cl. The molecule has 39 heavy (non-hydrogen) atoms. The molecule has 0 bridgehead atoms. The van der Waals surface area contributed by atoms with Gasteiger partial charge in [0.15, 0.2) is 0 Å². The van der Waals surface area contributed by atoms with E-state index in [9.17, 15) is 5.26 Å². The van der Waals surface area contributed by atoms with Gasteiger partial charge < -0.3 is 14.0 Å². The third kappa shape index (κ3) is 6.56. The molecule has 5 nitrogen and oxygen atoms in total. The van der Waals surface area contributed by atoms with Gasteiger partial charge in [0.05, 0.1) is 36.5 Å². The maximum absolute atomic E-state index is 9.80. The summed E-state index contributed by atoms with van der Waals surface area (Å²) in [5.41, 5.74) is 7.77. The van der Waals surface area contributed by atoms with E-state index in [1.807, 2.05) is 84.5 Å². The van der Waals surface area contributed by atoms with Crippen LogP contribution in [0.5, 0.6) is 5.75 Å². The van der Waals surface area contributed by atoms with Crippen LogP contribution < -0.4 is 4.74 Å². The van der Waals surface area contributed by atoms with Crippen molar-refractivity contribution in [3.63, 3.8) is 0 Å². The summed E-state index contributed by atoms with van der Waals surface area (Å²) in [4.78, 5) is 4.32. The summed E-state index contributed by atoms with van der Waals surface area (Å²) in [6.45, 7) is 3.00. The van der Waals surface area contributed by atoms with E-state index in [0.717, 1.165) is 44.8 Å². The van der Waals surface area contributed by atoms with E-state index in [-0.39, 0.29) is 18.5 Å². The van der Waals surface area contributed by atoms with Crippen molar-refractivity contribution in [3.05, 3.63) is 143 Å². The Hall–Kier alpha value is -4.37. The summed E-state index contributed by atoms with van der Waals surface area (Å²) in [6, 6.07) is 34.5. The number of ether oxygens (including phenoxy) is 2. The van der Waals surface area contributed by atoms with Crippen molar-refractivity contribution < 1.29 is 9.47 Å². The Morgan fingerprint density at radius 2 is 1.56 bits per heavy atom. The lowest BCUT2D eigenvalue weighted by atomic mass is 9.93. The lowest BCUT2D eigenvalue weighted by molar-refractivity contribution is 0.0622. The van der Waals surface area contributed by atoms with Gasteiger partial charge in [-0.2, -0.15) is 5.26 Å². The third-order valence-electron chi connectivity index (χ3n) is 6.61. The first-order valence-electron chi connectivity index (χ1n) is 12.6. The van der Waals surface area contributed by atoms with Gasteiger partial charge in [0.1, 0.15) is 18.5 Å². The molecule has 196 valence electrons. The van der Waals surface area contributed by atoms with Crippen molar-refractivity contribution in [2.75, 3.05) is 0 Å². The molecule has 6 heteroatoms. The molecule has 0 aliphatic heterocycles. The molecule has 1 unspecified atom stereocenters. The van der Waals surface area contributed by atoms with Crippen LogP contribution in [0.2, 0.25) is 0 Å². The molecule has 0 saturated heterocycles. The van der Waals surface area contributed by atoms with Gasteiger partial charge in [-0.1, -0.05) is 72.8 Å². The minimum atomic E-state index is -0.355. The minimum Gasteiger partial charge on any atom is -0.489 e. The molecular weight excluding hydrogens is 506 g/mol. The summed E-state index contributed by atoms with van der Waals surface area (Å²) in [5, 5.41) is 9.80. The second-order valence-electron chi connectivity index (χ2n) is 9.27. The molecule has 0 fully saturated rings. The first kappa shape index (κ1) is 27.7. The Bertz CT molecular complexity index is 1560. The molecule has 0 aliphatic carbocycles. The molecule has 0 aliphatic rings. The van der Waals surface area contributed by atoms with E-state index in [1.54, 1.807) is 6.33 Å². The number of nitriles is 1. The number of imidazole rings is 1. The van der Waals surface area contributed by atoms with E-state index in [4.69, 9.17) is 9.47 Å². The van der Waals surface area contributed by atoms with Crippen molar-refractivity contribution >= 4 is 12.4 Å². The first-order valence-corrected chi connectivity index (χ1v) is 12.6. The van der Waals surface area contributed by atoms with Crippen molar-refractivity contribution in [1.29, 1.82) is 5.26 Å². The number of benzene rings is 4. The number of halogens is 1. The van der Waals surface area contributed by atoms with E-state index < -0.39 is 0 Å². The number of aromatic nitrogens is 2. The highest BCUT2D eigenvalue weighted by atomic mass is 35.5. The molecule has 0 spiro atoms. The molecule has 0 radical (unpaired) electrons. The number of hydrogen-bond donors (Lipinski definition) is 0. The fourth-order valence-corrected chi connectivity index (χ4v) is 4.50. The normalized spacial score (nSPS) is 11.3. The van der Waals surface area contributed by atoms with Crippen LogP contribution in [0.4, 0.5) is 0 Å². The topological polar surface area (TPSA) is 60.1 Å². The zero-order chi connectivity index (χ0) is 26.3. The maximum Gasteiger partial charge on any atom is 0.124 e. The highest BCUT2D eigenvalue weighted by molar-refractivity contribution is 5.85. The Kier molecular flexibility index (Phi) is 9.17. The predicted octanol–water partition coefficient (Wildman–Crippen LogP) is 7.57. The Morgan fingerprint density at radius 1 is 0.846 bits per heavy atom. The summed E-state index contributed by atoms with van der Waals surface area (Å²) < 4.78 is 14.4. The van der Waals surface area contributed by atoms with Crippen LogP contribution in [0.15, 0.2) is 110 Å². The average Bonchev–Trinajstić information content (AvgIpc) is 3.39. The zero-order valence-electron chi connectivity index (χ0n) is 22.0. The molecule has 5 aromatic rings. The molecule has 0 saturated carbocycles. The van der Waals surface area contributed by atoms with Gasteiger partial charge in [0.2, 0.25) is 0 Å². The van der Waals surface area contributed by atoms with Gasteiger partial charge in [-0.05, 0) is 59.0 Å². The minimum absolute atomic E-state index is 0. The maximum atomic E-state index is 9.80. The largest absolute Gasteiger partial charge is 0.489 e. The molecule has 1 heterocycles. The zero-order valence-corrected chi connectivity index (χ0v) is 22.8. The van der Waals surface area contributed by atoms with E-state index in [1.165, 1.54) is 0 Å². The van der Waals surface area contributed by atoms with Crippen molar-refractivity contribution in [1.82, 2.24) is 9.55 Å². The van der Waals surface area contributed by atoms with Crippen LogP contribution >= 0.6 is 12.4 Å². The van der Waals surface area contributed by atoms with Crippen LogP contribution in [-0.4, -0.2) is 9.55 Å². The summed E-state index contributed by atoms with van der Waals surface area (Å²) in [7, 11) is 1.96. The molecule has 1 aromatic heterocycles. The number of aryl methyl sites for hydroxylation is 2. The van der Waals surface area contributed by atoms with Crippen molar-refractivity contribution in [2.24, 2.45) is 7.05 Å². The number of nitrogens with zero attached hydrogens (tertiary/aromatic N) is 3. The highest BCUT2D eigenvalue weighted by Crippen LogP contribution is 2.33. The summed E-state index contributed by atoms with van der Waals surface area (Å²) >= 11 is 0. The monoisotopic (exact) mass is 535 g/mol. The van der Waals surface area contributed by atoms with E-state index in [2.05, 4.69) is 48.3 Å². The van der Waals surface area contributed by atoms with Gasteiger partial charge >= 0.3 is 0 Å².